The van der Waals surface area contributed by atoms with Gasteiger partial charge in [-0.2, -0.15) is 0 Å². The topological polar surface area (TPSA) is 61.2 Å². The lowest BCUT2D eigenvalue weighted by atomic mass is 10.3. The maximum absolute atomic E-state index is 13.0. The van der Waals surface area contributed by atoms with Crippen molar-refractivity contribution in [3.8, 4) is 5.69 Å². The molecule has 2 heterocycles. The summed E-state index contributed by atoms with van der Waals surface area (Å²) in [5.41, 5.74) is 1.48. The summed E-state index contributed by atoms with van der Waals surface area (Å²) in [6.07, 6.45) is 0.776. The number of rotatable bonds is 5. The Balaban J connectivity index is 2.07. The number of carbonyl (C=O) groups excluding carboxylic acids is 1. The van der Waals surface area contributed by atoms with Crippen LogP contribution in [0.5, 0.6) is 0 Å². The first-order chi connectivity index (χ1) is 12.0. The van der Waals surface area contributed by atoms with Gasteiger partial charge in [0.25, 0.3) is 5.56 Å². The Labute approximate surface area is 162 Å². The van der Waals surface area contributed by atoms with Crippen LogP contribution >= 0.6 is 39.5 Å². The van der Waals surface area contributed by atoms with Crippen molar-refractivity contribution in [2.24, 2.45) is 0 Å². The van der Waals surface area contributed by atoms with Gasteiger partial charge in [0.15, 0.2) is 5.16 Å². The lowest BCUT2D eigenvalue weighted by Gasteiger charge is -2.16. The van der Waals surface area contributed by atoms with Crippen LogP contribution in [0.1, 0.15) is 19.5 Å². The van der Waals surface area contributed by atoms with E-state index in [1.807, 2.05) is 24.3 Å². The molecule has 0 amide bonds. The fraction of sp³-hybridized carbons (Fsp3) is 0.353. The molecule has 1 aromatic heterocycles. The lowest BCUT2D eigenvalue weighted by Crippen LogP contribution is -2.25. The number of nitrogens with zero attached hydrogens (tertiary/aromatic N) is 2. The van der Waals surface area contributed by atoms with Crippen LogP contribution in [-0.4, -0.2) is 33.1 Å². The lowest BCUT2D eigenvalue weighted by molar-refractivity contribution is -0.142. The molecule has 0 N–H and O–H groups in total. The van der Waals surface area contributed by atoms with Crippen molar-refractivity contribution >= 4 is 45.4 Å². The zero-order chi connectivity index (χ0) is 18.0. The number of carbonyl (C=O) groups is 1. The number of ether oxygens (including phenoxy) is 1. The Kier molecular flexibility index (Phi) is 5.91. The van der Waals surface area contributed by atoms with Gasteiger partial charge in [0.1, 0.15) is 5.25 Å². The predicted molar refractivity (Wildman–Crippen MR) is 104 cm³/mol. The molecule has 0 fully saturated rings. The molecule has 1 aromatic carbocycles. The van der Waals surface area contributed by atoms with E-state index in [0.717, 1.165) is 28.0 Å². The van der Waals surface area contributed by atoms with Crippen molar-refractivity contribution in [3.05, 3.63) is 44.8 Å². The van der Waals surface area contributed by atoms with Crippen LogP contribution in [0.4, 0.5) is 0 Å². The Morgan fingerprint density at radius 3 is 2.84 bits per heavy atom. The molecule has 0 saturated heterocycles. The van der Waals surface area contributed by atoms with Gasteiger partial charge in [-0.25, -0.2) is 4.98 Å². The molecule has 132 valence electrons. The summed E-state index contributed by atoms with van der Waals surface area (Å²) in [5, 5.41) is 0.0785. The normalized spacial score (nSPS) is 14.2. The van der Waals surface area contributed by atoms with Crippen molar-refractivity contribution in [3.63, 3.8) is 0 Å². The van der Waals surface area contributed by atoms with Crippen molar-refractivity contribution in [2.45, 2.75) is 35.6 Å². The van der Waals surface area contributed by atoms with E-state index in [1.54, 1.807) is 30.2 Å². The number of esters is 1. The van der Waals surface area contributed by atoms with E-state index in [0.29, 0.717) is 16.7 Å². The molecule has 0 aliphatic carbocycles. The predicted octanol–water partition coefficient (Wildman–Crippen LogP) is 3.69. The number of aromatic nitrogens is 2. The zero-order valence-electron chi connectivity index (χ0n) is 13.8. The van der Waals surface area contributed by atoms with E-state index in [-0.39, 0.29) is 11.5 Å². The van der Waals surface area contributed by atoms with E-state index in [2.05, 4.69) is 20.9 Å². The van der Waals surface area contributed by atoms with E-state index >= 15 is 0 Å². The fourth-order valence-corrected chi connectivity index (χ4v) is 4.69. The van der Waals surface area contributed by atoms with Crippen LogP contribution in [-0.2, 0) is 16.0 Å². The monoisotopic (exact) mass is 440 g/mol. The van der Waals surface area contributed by atoms with Gasteiger partial charge >= 0.3 is 5.97 Å². The third-order valence-electron chi connectivity index (χ3n) is 3.65. The molecule has 0 bridgehead atoms. The van der Waals surface area contributed by atoms with Gasteiger partial charge in [-0.05, 0) is 38.1 Å². The average Bonchev–Trinajstić information content (AvgIpc) is 3.05. The molecular weight excluding hydrogens is 424 g/mol. The first-order valence-corrected chi connectivity index (χ1v) is 10.5. The molecule has 1 aliphatic heterocycles. The second kappa shape index (κ2) is 7.97. The summed E-state index contributed by atoms with van der Waals surface area (Å²) < 4.78 is 7.59. The molecule has 2 aromatic rings. The van der Waals surface area contributed by atoms with Crippen molar-refractivity contribution in [1.29, 1.82) is 0 Å². The van der Waals surface area contributed by atoms with Crippen LogP contribution in [0.2, 0.25) is 0 Å². The summed E-state index contributed by atoms with van der Waals surface area (Å²) in [6, 6.07) is 7.48. The van der Waals surface area contributed by atoms with Crippen molar-refractivity contribution in [2.75, 3.05) is 12.4 Å². The minimum atomic E-state index is -0.444. The van der Waals surface area contributed by atoms with Crippen LogP contribution in [0.25, 0.3) is 5.69 Å². The highest BCUT2D eigenvalue weighted by atomic mass is 79.9. The maximum atomic E-state index is 13.0. The molecule has 1 unspecified atom stereocenters. The second-order valence-corrected chi connectivity index (χ2v) is 8.73. The zero-order valence-corrected chi connectivity index (χ0v) is 17.0. The fourth-order valence-electron chi connectivity index (χ4n) is 2.46. The van der Waals surface area contributed by atoms with Crippen LogP contribution in [0.3, 0.4) is 0 Å². The number of thioether (sulfide) groups is 2. The number of benzene rings is 1. The number of hydrogen-bond acceptors (Lipinski definition) is 6. The first-order valence-electron chi connectivity index (χ1n) is 7.89. The highest BCUT2D eigenvalue weighted by Crippen LogP contribution is 2.31. The van der Waals surface area contributed by atoms with Gasteiger partial charge in [0.2, 0.25) is 0 Å². The summed E-state index contributed by atoms with van der Waals surface area (Å²) >= 11 is 6.20. The smallest absolute Gasteiger partial charge is 0.319 e. The molecule has 0 radical (unpaired) electrons. The van der Waals surface area contributed by atoms with Gasteiger partial charge in [-0.1, -0.05) is 27.7 Å². The van der Waals surface area contributed by atoms with E-state index in [1.165, 1.54) is 11.8 Å². The number of hydrogen-bond donors (Lipinski definition) is 0. The van der Waals surface area contributed by atoms with Gasteiger partial charge in [-0.15, -0.1) is 11.8 Å². The Hall–Kier alpha value is -1.25. The molecule has 5 nitrogen and oxygen atoms in total. The third-order valence-corrected chi connectivity index (χ3v) is 6.32. The number of halogens is 1. The minimum absolute atomic E-state index is 0.0756. The molecule has 1 aliphatic rings. The van der Waals surface area contributed by atoms with Gasteiger partial charge in [-0.3, -0.25) is 14.2 Å². The molecule has 0 saturated carbocycles. The van der Waals surface area contributed by atoms with E-state index < -0.39 is 5.25 Å². The van der Waals surface area contributed by atoms with Gasteiger partial charge in [0, 0.05) is 16.6 Å². The highest BCUT2D eigenvalue weighted by molar-refractivity contribution is 9.10. The molecular formula is C17H17BrN2O3S2. The quantitative estimate of drug-likeness (QED) is 0.401. The van der Waals surface area contributed by atoms with Crippen LogP contribution in [0.15, 0.2) is 43.6 Å². The third kappa shape index (κ3) is 3.96. The van der Waals surface area contributed by atoms with E-state index in [4.69, 9.17) is 4.74 Å². The summed E-state index contributed by atoms with van der Waals surface area (Å²) in [4.78, 5) is 30.4. The number of aryl methyl sites for hydroxylation is 1. The number of fused-ring (bicyclic) bond motifs is 1. The SMILES string of the molecule is CCOC(=O)C(C)Sc1nc2c(c(=O)n1-c1ccc(Br)cc1)SCC2. The van der Waals surface area contributed by atoms with Crippen molar-refractivity contribution in [1.82, 2.24) is 9.55 Å². The summed E-state index contributed by atoms with van der Waals surface area (Å²) in [5.74, 6) is 0.554. The molecule has 1 atom stereocenters. The largest absolute Gasteiger partial charge is 0.465 e. The Morgan fingerprint density at radius 1 is 1.44 bits per heavy atom. The van der Waals surface area contributed by atoms with Crippen LogP contribution < -0.4 is 5.56 Å². The van der Waals surface area contributed by atoms with Gasteiger partial charge in [0.05, 0.1) is 22.9 Å². The molecule has 8 heteroatoms. The molecule has 0 spiro atoms. The van der Waals surface area contributed by atoms with Crippen molar-refractivity contribution < 1.29 is 9.53 Å². The minimum Gasteiger partial charge on any atom is -0.465 e. The second-order valence-electron chi connectivity index (χ2n) is 5.40. The highest BCUT2D eigenvalue weighted by Gasteiger charge is 2.25. The Bertz CT molecular complexity index is 852. The standard InChI is InChI=1S/C17H17BrN2O3S2/c1-3-23-16(22)10(2)25-17-19-13-8-9-24-14(13)15(21)20(17)12-6-4-11(18)5-7-12/h4-7,10H,3,8-9H2,1-2H3. The molecule has 25 heavy (non-hydrogen) atoms. The van der Waals surface area contributed by atoms with Crippen LogP contribution in [0, 0.1) is 0 Å². The van der Waals surface area contributed by atoms with Gasteiger partial charge < -0.3 is 4.74 Å². The Morgan fingerprint density at radius 2 is 2.16 bits per heavy atom. The summed E-state index contributed by atoms with van der Waals surface area (Å²) in [7, 11) is 0. The van der Waals surface area contributed by atoms with E-state index in [9.17, 15) is 9.59 Å². The molecule has 3 rings (SSSR count). The first kappa shape index (κ1) is 18.5. The maximum Gasteiger partial charge on any atom is 0.319 e. The summed E-state index contributed by atoms with van der Waals surface area (Å²) in [6.45, 7) is 3.87. The average molecular weight is 441 g/mol.